The standard InChI is InChI=1S/C21H24N2O5/c1-27-17-7-4-8-18(28-2)19(17)20(25)22-15-9-11-23(12-10-15)21(26)14-5-3-6-16(24)13-14/h3-8,13,15,24H,9-12H2,1-2H3,(H,22,25). The number of nitrogens with one attached hydrogen (secondary N) is 1. The molecular formula is C21H24N2O5. The SMILES string of the molecule is COc1cccc(OC)c1C(=O)NC1CCN(C(=O)c2cccc(O)c2)CC1. The van der Waals surface area contributed by atoms with Crippen LogP contribution in [0.3, 0.4) is 0 Å². The minimum atomic E-state index is -0.257. The van der Waals surface area contributed by atoms with Crippen LogP contribution < -0.4 is 14.8 Å². The molecule has 0 aliphatic carbocycles. The molecule has 0 saturated carbocycles. The number of carbonyl (C=O) groups excluding carboxylic acids is 2. The topological polar surface area (TPSA) is 88.1 Å². The summed E-state index contributed by atoms with van der Waals surface area (Å²) in [7, 11) is 3.02. The van der Waals surface area contributed by atoms with Crippen molar-refractivity contribution in [3.05, 3.63) is 53.6 Å². The third kappa shape index (κ3) is 4.19. The van der Waals surface area contributed by atoms with Crippen molar-refractivity contribution in [2.75, 3.05) is 27.3 Å². The highest BCUT2D eigenvalue weighted by Gasteiger charge is 2.27. The van der Waals surface area contributed by atoms with Crippen molar-refractivity contribution in [3.63, 3.8) is 0 Å². The largest absolute Gasteiger partial charge is 0.508 e. The minimum absolute atomic E-state index is 0.0460. The molecule has 0 aromatic heterocycles. The Morgan fingerprint density at radius 3 is 2.21 bits per heavy atom. The van der Waals surface area contributed by atoms with Crippen molar-refractivity contribution in [2.45, 2.75) is 18.9 Å². The van der Waals surface area contributed by atoms with Gasteiger partial charge >= 0.3 is 0 Å². The Morgan fingerprint density at radius 1 is 1.04 bits per heavy atom. The number of carbonyl (C=O) groups is 2. The van der Waals surface area contributed by atoms with Crippen LogP contribution >= 0.6 is 0 Å². The fourth-order valence-corrected chi connectivity index (χ4v) is 3.38. The highest BCUT2D eigenvalue weighted by atomic mass is 16.5. The number of hydrogen-bond donors (Lipinski definition) is 2. The lowest BCUT2D eigenvalue weighted by atomic mass is 10.0. The number of methoxy groups -OCH3 is 2. The molecule has 0 atom stereocenters. The molecule has 0 radical (unpaired) electrons. The van der Waals surface area contributed by atoms with E-state index >= 15 is 0 Å². The molecule has 0 spiro atoms. The van der Waals surface area contributed by atoms with Crippen molar-refractivity contribution < 1.29 is 24.2 Å². The summed E-state index contributed by atoms with van der Waals surface area (Å²) in [5, 5.41) is 12.6. The average Bonchev–Trinajstić information content (AvgIpc) is 2.73. The quantitative estimate of drug-likeness (QED) is 0.827. The summed E-state index contributed by atoms with van der Waals surface area (Å²) in [6, 6.07) is 11.5. The van der Waals surface area contributed by atoms with Gasteiger partial charge < -0.3 is 24.8 Å². The maximum atomic E-state index is 12.8. The Kier molecular flexibility index (Phi) is 6.03. The van der Waals surface area contributed by atoms with Crippen molar-refractivity contribution in [1.29, 1.82) is 0 Å². The molecule has 1 heterocycles. The molecule has 1 saturated heterocycles. The van der Waals surface area contributed by atoms with E-state index in [4.69, 9.17) is 9.47 Å². The van der Waals surface area contributed by atoms with Gasteiger partial charge in [-0.2, -0.15) is 0 Å². The fraction of sp³-hybridized carbons (Fsp3) is 0.333. The van der Waals surface area contributed by atoms with Gasteiger partial charge in [0, 0.05) is 24.7 Å². The summed E-state index contributed by atoms with van der Waals surface area (Å²) in [5.41, 5.74) is 0.826. The third-order valence-electron chi connectivity index (χ3n) is 4.87. The second-order valence-corrected chi connectivity index (χ2v) is 6.63. The van der Waals surface area contributed by atoms with Crippen LogP contribution in [0, 0.1) is 0 Å². The zero-order chi connectivity index (χ0) is 20.1. The van der Waals surface area contributed by atoms with Gasteiger partial charge in [0.05, 0.1) is 14.2 Å². The number of rotatable bonds is 5. The predicted molar refractivity (Wildman–Crippen MR) is 104 cm³/mol. The fourth-order valence-electron chi connectivity index (χ4n) is 3.38. The van der Waals surface area contributed by atoms with Gasteiger partial charge in [0.25, 0.3) is 11.8 Å². The van der Waals surface area contributed by atoms with E-state index in [1.807, 2.05) is 0 Å². The molecule has 7 heteroatoms. The highest BCUT2D eigenvalue weighted by Crippen LogP contribution is 2.28. The number of aromatic hydroxyl groups is 1. The molecule has 7 nitrogen and oxygen atoms in total. The average molecular weight is 384 g/mol. The summed E-state index contributed by atoms with van der Waals surface area (Å²) in [5.74, 6) is 0.597. The van der Waals surface area contributed by atoms with E-state index in [2.05, 4.69) is 5.32 Å². The normalized spacial score (nSPS) is 14.4. The van der Waals surface area contributed by atoms with Crippen molar-refractivity contribution in [3.8, 4) is 17.2 Å². The molecule has 1 fully saturated rings. The summed E-state index contributed by atoms with van der Waals surface area (Å²) in [6.45, 7) is 1.06. The molecule has 3 rings (SSSR count). The van der Waals surface area contributed by atoms with Crippen LogP contribution in [0.25, 0.3) is 0 Å². The smallest absolute Gasteiger partial charge is 0.259 e. The summed E-state index contributed by atoms with van der Waals surface area (Å²) >= 11 is 0. The molecule has 28 heavy (non-hydrogen) atoms. The Morgan fingerprint density at radius 2 is 1.64 bits per heavy atom. The van der Waals surface area contributed by atoms with Crippen LogP contribution in [-0.4, -0.2) is 55.2 Å². The number of nitrogens with zero attached hydrogens (tertiary/aromatic N) is 1. The number of hydrogen-bond acceptors (Lipinski definition) is 5. The summed E-state index contributed by atoms with van der Waals surface area (Å²) in [6.07, 6.45) is 1.29. The number of piperidine rings is 1. The number of phenols is 1. The molecule has 2 N–H and O–H groups in total. The second-order valence-electron chi connectivity index (χ2n) is 6.63. The van der Waals surface area contributed by atoms with Gasteiger partial charge in [-0.1, -0.05) is 12.1 Å². The minimum Gasteiger partial charge on any atom is -0.508 e. The van der Waals surface area contributed by atoms with Crippen LogP contribution in [-0.2, 0) is 0 Å². The molecule has 2 aromatic carbocycles. The summed E-state index contributed by atoms with van der Waals surface area (Å²) in [4.78, 5) is 27.1. The third-order valence-corrected chi connectivity index (χ3v) is 4.87. The summed E-state index contributed by atoms with van der Waals surface area (Å²) < 4.78 is 10.6. The Bertz CT molecular complexity index is 837. The number of amides is 2. The Labute approximate surface area is 163 Å². The Hall–Kier alpha value is -3.22. The number of phenolic OH excluding ortho intramolecular Hbond substituents is 1. The van der Waals surface area contributed by atoms with E-state index in [9.17, 15) is 14.7 Å². The van der Waals surface area contributed by atoms with Crippen LogP contribution in [0.4, 0.5) is 0 Å². The van der Waals surface area contributed by atoms with E-state index in [0.29, 0.717) is 48.6 Å². The second kappa shape index (κ2) is 8.65. The molecule has 0 bridgehead atoms. The molecular weight excluding hydrogens is 360 g/mol. The zero-order valence-corrected chi connectivity index (χ0v) is 16.0. The maximum absolute atomic E-state index is 12.8. The molecule has 0 unspecified atom stereocenters. The Balaban J connectivity index is 1.62. The number of likely N-dealkylation sites (tertiary alicyclic amines) is 1. The number of ether oxygens (including phenoxy) is 2. The van der Waals surface area contributed by atoms with Crippen LogP contribution in [0.1, 0.15) is 33.6 Å². The lowest BCUT2D eigenvalue weighted by Crippen LogP contribution is -2.46. The van der Waals surface area contributed by atoms with Gasteiger partial charge in [-0.25, -0.2) is 0 Å². The van der Waals surface area contributed by atoms with E-state index in [-0.39, 0.29) is 23.6 Å². The van der Waals surface area contributed by atoms with E-state index < -0.39 is 0 Å². The first-order valence-corrected chi connectivity index (χ1v) is 9.13. The van der Waals surface area contributed by atoms with Crippen LogP contribution in [0.5, 0.6) is 17.2 Å². The molecule has 1 aliphatic rings. The van der Waals surface area contributed by atoms with Gasteiger partial charge in [-0.05, 0) is 43.2 Å². The van der Waals surface area contributed by atoms with Gasteiger partial charge in [-0.15, -0.1) is 0 Å². The lowest BCUT2D eigenvalue weighted by Gasteiger charge is -2.32. The first-order chi connectivity index (χ1) is 13.5. The first-order valence-electron chi connectivity index (χ1n) is 9.13. The van der Waals surface area contributed by atoms with Crippen molar-refractivity contribution in [2.24, 2.45) is 0 Å². The molecule has 148 valence electrons. The predicted octanol–water partition coefficient (Wildman–Crippen LogP) is 2.44. The van der Waals surface area contributed by atoms with Gasteiger partial charge in [0.1, 0.15) is 22.8 Å². The van der Waals surface area contributed by atoms with Gasteiger partial charge in [-0.3, -0.25) is 9.59 Å². The zero-order valence-electron chi connectivity index (χ0n) is 16.0. The van der Waals surface area contributed by atoms with Gasteiger partial charge in [0.15, 0.2) is 0 Å². The van der Waals surface area contributed by atoms with E-state index in [1.54, 1.807) is 35.2 Å². The van der Waals surface area contributed by atoms with Crippen LogP contribution in [0.2, 0.25) is 0 Å². The maximum Gasteiger partial charge on any atom is 0.259 e. The lowest BCUT2D eigenvalue weighted by molar-refractivity contribution is 0.0697. The highest BCUT2D eigenvalue weighted by molar-refractivity contribution is 6.00. The first kappa shape index (κ1) is 19.5. The van der Waals surface area contributed by atoms with Gasteiger partial charge in [0.2, 0.25) is 0 Å². The molecule has 1 aliphatic heterocycles. The number of benzene rings is 2. The van der Waals surface area contributed by atoms with E-state index in [1.165, 1.54) is 26.4 Å². The van der Waals surface area contributed by atoms with E-state index in [0.717, 1.165) is 0 Å². The van der Waals surface area contributed by atoms with Crippen LogP contribution in [0.15, 0.2) is 42.5 Å². The molecule has 2 amide bonds. The molecule has 2 aromatic rings. The monoisotopic (exact) mass is 384 g/mol. The van der Waals surface area contributed by atoms with Crippen molar-refractivity contribution >= 4 is 11.8 Å². The van der Waals surface area contributed by atoms with Crippen molar-refractivity contribution in [1.82, 2.24) is 10.2 Å².